The summed E-state index contributed by atoms with van der Waals surface area (Å²) in [4.78, 5) is 13.7. The third-order valence-electron chi connectivity index (χ3n) is 2.59. The van der Waals surface area contributed by atoms with E-state index in [1.807, 2.05) is 12.1 Å². The molecule has 5 heteroatoms. The van der Waals surface area contributed by atoms with Crippen LogP contribution in [0.5, 0.6) is 0 Å². The number of anilines is 1. The molecule has 0 radical (unpaired) electrons. The van der Waals surface area contributed by atoms with E-state index >= 15 is 0 Å². The van der Waals surface area contributed by atoms with Crippen LogP contribution in [0.3, 0.4) is 0 Å². The molecule has 0 bridgehead atoms. The number of aliphatic carboxylic acids is 1. The molecule has 0 spiro atoms. The first kappa shape index (κ1) is 10.5. The van der Waals surface area contributed by atoms with E-state index in [-0.39, 0.29) is 0 Å². The van der Waals surface area contributed by atoms with Crippen molar-refractivity contribution in [3.63, 3.8) is 0 Å². The first-order valence-corrected chi connectivity index (χ1v) is 4.97. The predicted octanol–water partition coefficient (Wildman–Crippen LogP) is -1.35. The van der Waals surface area contributed by atoms with Gasteiger partial charge in [0.1, 0.15) is 6.04 Å². The minimum Gasteiger partial charge on any atom is -0.544 e. The standard InChI is InChI=1S/C11H13N3O2/c12-7-1-2-10-8(4-7)6(5-14-10)3-9(13)11(15)16/h1-2,4-5,9,14H,3,12-13H2,(H,15,16)/t9-/m0/s1. The lowest BCUT2D eigenvalue weighted by molar-refractivity contribution is -0.436. The van der Waals surface area contributed by atoms with Crippen LogP contribution in [0.25, 0.3) is 10.9 Å². The summed E-state index contributed by atoms with van der Waals surface area (Å²) in [5.41, 5.74) is 11.7. The fraction of sp³-hybridized carbons (Fsp3) is 0.182. The van der Waals surface area contributed by atoms with Gasteiger partial charge in [0.05, 0.1) is 5.97 Å². The van der Waals surface area contributed by atoms with Gasteiger partial charge in [-0.05, 0) is 23.8 Å². The number of rotatable bonds is 3. The fourth-order valence-corrected chi connectivity index (χ4v) is 1.71. The summed E-state index contributed by atoms with van der Waals surface area (Å²) < 4.78 is 0. The first-order valence-electron chi connectivity index (χ1n) is 4.97. The number of carboxylic acids is 1. The van der Waals surface area contributed by atoms with E-state index in [9.17, 15) is 9.90 Å². The number of nitrogens with one attached hydrogen (secondary N) is 1. The van der Waals surface area contributed by atoms with Gasteiger partial charge in [-0.1, -0.05) is 0 Å². The van der Waals surface area contributed by atoms with Crippen LogP contribution in [0.4, 0.5) is 5.69 Å². The van der Waals surface area contributed by atoms with Crippen molar-refractivity contribution in [2.75, 3.05) is 5.73 Å². The van der Waals surface area contributed by atoms with Crippen LogP contribution in [-0.2, 0) is 11.2 Å². The number of quaternary nitrogens is 1. The van der Waals surface area contributed by atoms with Gasteiger partial charge in [0.25, 0.3) is 0 Å². The molecule has 6 N–H and O–H groups in total. The van der Waals surface area contributed by atoms with E-state index in [2.05, 4.69) is 10.7 Å². The molecule has 0 saturated carbocycles. The molecule has 0 aliphatic heterocycles. The van der Waals surface area contributed by atoms with Gasteiger partial charge in [-0.3, -0.25) is 0 Å². The number of carbonyl (C=O) groups is 1. The molecule has 1 aromatic carbocycles. The summed E-state index contributed by atoms with van der Waals surface area (Å²) in [6.07, 6.45) is 2.12. The molecule has 5 nitrogen and oxygen atoms in total. The molecule has 1 atom stereocenters. The van der Waals surface area contributed by atoms with E-state index in [1.54, 1.807) is 12.3 Å². The summed E-state index contributed by atoms with van der Waals surface area (Å²) in [7, 11) is 0. The zero-order valence-electron chi connectivity index (χ0n) is 8.69. The first-order chi connectivity index (χ1) is 7.58. The van der Waals surface area contributed by atoms with Crippen molar-refractivity contribution in [3.8, 4) is 0 Å². The summed E-state index contributed by atoms with van der Waals surface area (Å²) in [6, 6.07) is 4.73. The average molecular weight is 219 g/mol. The fourth-order valence-electron chi connectivity index (χ4n) is 1.71. The van der Waals surface area contributed by atoms with Crippen molar-refractivity contribution in [2.45, 2.75) is 12.5 Å². The highest BCUT2D eigenvalue weighted by atomic mass is 16.4. The minimum atomic E-state index is -1.14. The second-order valence-corrected chi connectivity index (χ2v) is 3.84. The van der Waals surface area contributed by atoms with Crippen molar-refractivity contribution in [1.82, 2.24) is 4.98 Å². The van der Waals surface area contributed by atoms with Gasteiger partial charge in [0.2, 0.25) is 0 Å². The van der Waals surface area contributed by atoms with Gasteiger partial charge in [0, 0.05) is 29.2 Å². The van der Waals surface area contributed by atoms with Gasteiger partial charge < -0.3 is 26.4 Å². The van der Waals surface area contributed by atoms with E-state index < -0.39 is 12.0 Å². The van der Waals surface area contributed by atoms with Gasteiger partial charge in [0.15, 0.2) is 0 Å². The molecule has 2 aromatic rings. The van der Waals surface area contributed by atoms with Crippen LogP contribution in [0.2, 0.25) is 0 Å². The smallest absolute Gasteiger partial charge is 0.129 e. The second kappa shape index (κ2) is 3.86. The van der Waals surface area contributed by atoms with Crippen LogP contribution >= 0.6 is 0 Å². The lowest BCUT2D eigenvalue weighted by Gasteiger charge is -2.08. The number of H-pyrrole nitrogens is 1. The minimum absolute atomic E-state index is 0.339. The molecular formula is C11H13N3O2. The number of carboxylic acid groups (broad SMARTS) is 1. The van der Waals surface area contributed by atoms with E-state index in [1.165, 1.54) is 0 Å². The van der Waals surface area contributed by atoms with Crippen molar-refractivity contribution >= 4 is 22.6 Å². The number of fused-ring (bicyclic) bond motifs is 1. The van der Waals surface area contributed by atoms with Crippen molar-refractivity contribution in [1.29, 1.82) is 0 Å². The lowest BCUT2D eigenvalue weighted by atomic mass is 10.1. The number of aromatic nitrogens is 1. The normalized spacial score (nSPS) is 12.8. The number of hydrogen-bond donors (Lipinski definition) is 3. The van der Waals surface area contributed by atoms with Gasteiger partial charge in [-0.15, -0.1) is 0 Å². The summed E-state index contributed by atoms with van der Waals surface area (Å²) >= 11 is 0. The Bertz CT molecular complexity index is 533. The zero-order chi connectivity index (χ0) is 11.7. The average Bonchev–Trinajstić information content (AvgIpc) is 2.61. The van der Waals surface area contributed by atoms with Gasteiger partial charge in [-0.2, -0.15) is 0 Å². The Morgan fingerprint density at radius 3 is 3.00 bits per heavy atom. The number of carbonyl (C=O) groups excluding carboxylic acids is 1. The maximum absolute atomic E-state index is 10.6. The molecule has 1 aromatic heterocycles. The van der Waals surface area contributed by atoms with E-state index in [0.29, 0.717) is 12.1 Å². The Morgan fingerprint density at radius 1 is 1.56 bits per heavy atom. The number of nitrogen functional groups attached to an aromatic ring is 1. The Hall–Kier alpha value is -2.01. The van der Waals surface area contributed by atoms with Crippen LogP contribution in [0.1, 0.15) is 5.56 Å². The Morgan fingerprint density at radius 2 is 2.31 bits per heavy atom. The molecule has 0 fully saturated rings. The SMILES string of the molecule is Nc1ccc2[nH]cc(C[C@H]([NH3+])C(=O)[O-])c2c1. The van der Waals surface area contributed by atoms with Crippen LogP contribution in [0.15, 0.2) is 24.4 Å². The van der Waals surface area contributed by atoms with Gasteiger partial charge >= 0.3 is 0 Å². The topological polar surface area (TPSA) is 110 Å². The van der Waals surface area contributed by atoms with E-state index in [4.69, 9.17) is 5.73 Å². The summed E-state index contributed by atoms with van der Waals surface area (Å²) in [5, 5.41) is 11.6. The molecule has 1 heterocycles. The lowest BCUT2D eigenvalue weighted by Crippen LogP contribution is -2.69. The quantitative estimate of drug-likeness (QED) is 0.555. The van der Waals surface area contributed by atoms with Gasteiger partial charge in [-0.25, -0.2) is 0 Å². The molecule has 84 valence electrons. The Balaban J connectivity index is 2.37. The third-order valence-corrected chi connectivity index (χ3v) is 2.59. The monoisotopic (exact) mass is 219 g/mol. The molecule has 0 aliphatic carbocycles. The highest BCUT2D eigenvalue weighted by Crippen LogP contribution is 2.21. The number of benzene rings is 1. The molecule has 0 amide bonds. The van der Waals surface area contributed by atoms with Crippen molar-refractivity contribution < 1.29 is 15.6 Å². The molecule has 2 rings (SSSR count). The van der Waals surface area contributed by atoms with Crippen LogP contribution < -0.4 is 16.6 Å². The number of aromatic amines is 1. The van der Waals surface area contributed by atoms with E-state index in [0.717, 1.165) is 16.5 Å². The number of nitrogens with two attached hydrogens (primary N) is 1. The number of hydrogen-bond acceptors (Lipinski definition) is 3. The highest BCUT2D eigenvalue weighted by Gasteiger charge is 2.12. The van der Waals surface area contributed by atoms with Crippen molar-refractivity contribution in [2.24, 2.45) is 0 Å². The van der Waals surface area contributed by atoms with Crippen LogP contribution in [-0.4, -0.2) is 17.0 Å². The van der Waals surface area contributed by atoms with Crippen molar-refractivity contribution in [3.05, 3.63) is 30.0 Å². The Kier molecular flexibility index (Phi) is 2.54. The van der Waals surface area contributed by atoms with Crippen LogP contribution in [0, 0.1) is 0 Å². The molecule has 0 saturated heterocycles. The predicted molar refractivity (Wildman–Crippen MR) is 58.1 cm³/mol. The third kappa shape index (κ3) is 1.85. The molecule has 0 aliphatic rings. The summed E-state index contributed by atoms with van der Waals surface area (Å²) in [6.45, 7) is 0. The highest BCUT2D eigenvalue weighted by molar-refractivity contribution is 5.86. The molecule has 16 heavy (non-hydrogen) atoms. The molecule has 0 unspecified atom stereocenters. The maximum Gasteiger partial charge on any atom is 0.129 e. The largest absolute Gasteiger partial charge is 0.544 e. The summed E-state index contributed by atoms with van der Waals surface area (Å²) in [5.74, 6) is -1.14. The molecular weight excluding hydrogens is 206 g/mol. The maximum atomic E-state index is 10.6. The Labute approximate surface area is 92.1 Å². The second-order valence-electron chi connectivity index (χ2n) is 3.84. The zero-order valence-corrected chi connectivity index (χ0v) is 8.69.